The van der Waals surface area contributed by atoms with E-state index in [1.807, 2.05) is 41.5 Å². The van der Waals surface area contributed by atoms with Crippen molar-refractivity contribution in [3.05, 3.63) is 47.6 Å². The third kappa shape index (κ3) is 17.6. The summed E-state index contributed by atoms with van der Waals surface area (Å²) in [5.41, 5.74) is 3.78. The van der Waals surface area contributed by atoms with E-state index in [1.165, 1.54) is 0 Å². The van der Waals surface area contributed by atoms with Crippen molar-refractivity contribution < 1.29 is 65.4 Å². The van der Waals surface area contributed by atoms with E-state index >= 15 is 0 Å². The van der Waals surface area contributed by atoms with Crippen molar-refractivity contribution in [1.82, 2.24) is 0 Å². The van der Waals surface area contributed by atoms with E-state index in [4.69, 9.17) is 13.2 Å². The van der Waals surface area contributed by atoms with Crippen LogP contribution in [-0.2, 0) is 65.4 Å². The van der Waals surface area contributed by atoms with Gasteiger partial charge < -0.3 is 47.6 Å². The Morgan fingerprint density at radius 1 is 0.688 bits per heavy atom. The largest absolute Gasteiger partial charge is 0.391 e. The predicted molar refractivity (Wildman–Crippen MR) is 63.2 cm³/mol. The first-order valence-corrected chi connectivity index (χ1v) is 4.58. The molecule has 0 atom stereocenters. The number of hydrogen-bond donors (Lipinski definition) is 0. The molecule has 2 heteroatoms. The van der Waals surface area contributed by atoms with Gasteiger partial charge in [0.15, 0.2) is 0 Å². The van der Waals surface area contributed by atoms with Crippen molar-refractivity contribution in [3.8, 4) is 0 Å². The van der Waals surface area contributed by atoms with Gasteiger partial charge in [-0.15, -0.1) is 41.5 Å². The number of allylic oxidation sites excluding steroid dienone is 6. The monoisotopic (exact) mass is 366 g/mol. The molecule has 0 aliphatic rings. The molecule has 0 nitrogen and oxygen atoms in total. The Bertz CT molecular complexity index is 230. The fraction of sp³-hybridized carbons (Fsp3) is 0.429. The van der Waals surface area contributed by atoms with Gasteiger partial charge in [-0.05, 0) is 0 Å². The van der Waals surface area contributed by atoms with Crippen molar-refractivity contribution in [2.45, 2.75) is 41.5 Å². The Morgan fingerprint density at radius 3 is 0.875 bits per heavy atom. The summed E-state index contributed by atoms with van der Waals surface area (Å²) in [6.07, 6.45) is 5.84. The molecule has 0 rings (SSSR count). The molecule has 0 bridgehead atoms. The predicted octanol–water partition coefficient (Wildman–Crippen LogP) is 4.27. The Hall–Kier alpha value is 1.17. The van der Waals surface area contributed by atoms with Crippen LogP contribution in [0.5, 0.6) is 0 Å². The van der Waals surface area contributed by atoms with Gasteiger partial charge in [-0.3, -0.25) is 0 Å². The zero-order chi connectivity index (χ0) is 11.7. The second-order valence-electron chi connectivity index (χ2n) is 3.12. The van der Waals surface area contributed by atoms with E-state index in [1.54, 1.807) is 0 Å². The van der Waals surface area contributed by atoms with Crippen LogP contribution in [0.2, 0.25) is 0 Å². The van der Waals surface area contributed by atoms with E-state index in [0.717, 1.165) is 22.3 Å². The zero-order valence-electron chi connectivity index (χ0n) is 11.3. The van der Waals surface area contributed by atoms with Gasteiger partial charge in [0.05, 0.1) is 0 Å². The van der Waals surface area contributed by atoms with Gasteiger partial charge in [-0.2, -0.15) is 0 Å². The summed E-state index contributed by atoms with van der Waals surface area (Å²) >= 11 is 0. The summed E-state index contributed by atoms with van der Waals surface area (Å²) in [6, 6.07) is 0. The molecule has 16 heavy (non-hydrogen) atoms. The standard InChI is InChI=1S/2C7H10.2Y/c2*1-5-7(4)6(2)3;;/h2*2H,1,3-4H3;;/q2*-2;;. The smallest absolute Gasteiger partial charge is 0 e. The average Bonchev–Trinajstić information content (AvgIpc) is 2.15. The minimum absolute atomic E-state index is 0. The topological polar surface area (TPSA) is 0 Å². The molecule has 2 radical (unpaired) electrons. The van der Waals surface area contributed by atoms with Gasteiger partial charge in [-0.1, -0.05) is 0 Å². The Morgan fingerprint density at radius 2 is 0.875 bits per heavy atom. The van der Waals surface area contributed by atoms with Crippen LogP contribution >= 0.6 is 0 Å². The van der Waals surface area contributed by atoms with Crippen molar-refractivity contribution in [3.63, 3.8) is 0 Å². The molecule has 0 spiro atoms. The zero-order valence-corrected chi connectivity index (χ0v) is 17.0. The molecule has 0 aromatic rings. The Labute approximate surface area is 152 Å². The molecule has 0 saturated carbocycles. The second kappa shape index (κ2) is 16.2. The molecule has 0 aromatic carbocycles. The van der Waals surface area contributed by atoms with Gasteiger partial charge in [0.2, 0.25) is 0 Å². The molecule has 0 N–H and O–H groups in total. The molecule has 0 heterocycles. The van der Waals surface area contributed by atoms with Gasteiger partial charge in [0.1, 0.15) is 0 Å². The van der Waals surface area contributed by atoms with Gasteiger partial charge in [0.25, 0.3) is 0 Å². The summed E-state index contributed by atoms with van der Waals surface area (Å²) in [7, 11) is 0. The molecular weight excluding hydrogens is 346 g/mol. The molecule has 0 aromatic heterocycles. The Balaban J connectivity index is -0.0000000800. The van der Waals surface area contributed by atoms with Crippen LogP contribution in [0.15, 0.2) is 22.3 Å². The van der Waals surface area contributed by atoms with Crippen molar-refractivity contribution in [2.75, 3.05) is 0 Å². The van der Waals surface area contributed by atoms with E-state index < -0.39 is 0 Å². The minimum atomic E-state index is 0. The van der Waals surface area contributed by atoms with Crippen LogP contribution in [0.25, 0.3) is 0 Å². The summed E-state index contributed by atoms with van der Waals surface area (Å²) in [5, 5.41) is 0. The maximum Gasteiger partial charge on any atom is 0 e. The summed E-state index contributed by atoms with van der Waals surface area (Å²) < 4.78 is 0. The van der Waals surface area contributed by atoms with Crippen LogP contribution in [0.4, 0.5) is 0 Å². The van der Waals surface area contributed by atoms with Gasteiger partial charge in [-0.25, -0.2) is 0 Å². The molecular formula is C14H20Y2-4. The first kappa shape index (κ1) is 25.9. The number of hydrogen-bond acceptors (Lipinski definition) is 0. The quantitative estimate of drug-likeness (QED) is 0.506. The summed E-state index contributed by atoms with van der Waals surface area (Å²) in [4.78, 5) is 0. The van der Waals surface area contributed by atoms with E-state index in [2.05, 4.69) is 12.2 Å². The summed E-state index contributed by atoms with van der Waals surface area (Å²) in [6.45, 7) is 22.0. The summed E-state index contributed by atoms with van der Waals surface area (Å²) in [5.74, 6) is 0. The number of rotatable bonds is 2. The average molecular weight is 366 g/mol. The first-order valence-electron chi connectivity index (χ1n) is 4.58. The minimum Gasteiger partial charge on any atom is -0.391 e. The van der Waals surface area contributed by atoms with Crippen molar-refractivity contribution in [1.29, 1.82) is 0 Å². The molecule has 0 saturated heterocycles. The van der Waals surface area contributed by atoms with Crippen LogP contribution < -0.4 is 0 Å². The maximum atomic E-state index is 5.36. The molecule has 0 aliphatic carbocycles. The normalized spacial score (nSPS) is 10.1. The second-order valence-corrected chi connectivity index (χ2v) is 3.12. The van der Waals surface area contributed by atoms with Crippen molar-refractivity contribution >= 4 is 0 Å². The Kier molecular flexibility index (Phi) is 26.2. The molecule has 86 valence electrons. The van der Waals surface area contributed by atoms with Crippen molar-refractivity contribution in [2.24, 2.45) is 0 Å². The van der Waals surface area contributed by atoms with Gasteiger partial charge in [0, 0.05) is 65.4 Å². The molecule has 0 fully saturated rings. The van der Waals surface area contributed by atoms with Crippen LogP contribution in [0.1, 0.15) is 41.5 Å². The van der Waals surface area contributed by atoms with E-state index in [-0.39, 0.29) is 65.4 Å². The molecule has 0 amide bonds. The maximum absolute atomic E-state index is 5.36. The fourth-order valence-corrected chi connectivity index (χ4v) is 0.394. The third-order valence-corrected chi connectivity index (χ3v) is 1.93. The molecule has 0 unspecified atom stereocenters. The molecule has 0 aliphatic heterocycles. The third-order valence-electron chi connectivity index (χ3n) is 1.93. The van der Waals surface area contributed by atoms with E-state index in [0.29, 0.717) is 0 Å². The first-order chi connectivity index (χ1) is 6.36. The van der Waals surface area contributed by atoms with Crippen LogP contribution in [0, 0.1) is 25.3 Å². The van der Waals surface area contributed by atoms with Crippen LogP contribution in [-0.4, -0.2) is 0 Å². The SMILES string of the molecule is [CH-]=C(C)C(C)=[C-]C.[CH-]=C(C)C(C)=[C-]C.[Y].[Y]. The van der Waals surface area contributed by atoms with Crippen LogP contribution in [0.3, 0.4) is 0 Å². The fourth-order valence-electron chi connectivity index (χ4n) is 0.394. The van der Waals surface area contributed by atoms with Gasteiger partial charge >= 0.3 is 0 Å². The van der Waals surface area contributed by atoms with E-state index in [9.17, 15) is 0 Å².